The van der Waals surface area contributed by atoms with E-state index in [0.717, 1.165) is 10.3 Å². The predicted octanol–water partition coefficient (Wildman–Crippen LogP) is 2.17. The lowest BCUT2D eigenvalue weighted by Crippen LogP contribution is -1.84. The minimum Gasteiger partial charge on any atom is -0.227 e. The van der Waals surface area contributed by atoms with E-state index in [9.17, 15) is 0 Å². The summed E-state index contributed by atoms with van der Waals surface area (Å²) in [7, 11) is 0. The molecule has 55 valence electrons. The summed E-state index contributed by atoms with van der Waals surface area (Å²) in [6.45, 7) is 0. The number of thiazole rings is 2. The van der Waals surface area contributed by atoms with Crippen LogP contribution in [0, 0.1) is 0 Å². The normalized spacial score (nSPS) is 9.82. The van der Waals surface area contributed by atoms with Gasteiger partial charge in [0.25, 0.3) is 0 Å². The van der Waals surface area contributed by atoms with Crippen molar-refractivity contribution in [3.63, 3.8) is 0 Å². The first-order chi connectivity index (χ1) is 5.45. The molecule has 0 aromatic carbocycles. The molecule has 0 aliphatic rings. The fraction of sp³-hybridized carbons (Fsp3) is 0. The summed E-state index contributed by atoms with van der Waals surface area (Å²) >= 11 is 3.02. The van der Waals surface area contributed by atoms with Crippen molar-refractivity contribution < 1.29 is 0 Å². The van der Waals surface area contributed by atoms with E-state index in [1.54, 1.807) is 12.4 Å². The van der Waals surface area contributed by atoms with Gasteiger partial charge in [0.2, 0.25) is 10.3 Å². The molecule has 0 N–H and O–H groups in total. The highest BCUT2D eigenvalue weighted by Crippen LogP contribution is 2.19. The van der Waals surface area contributed by atoms with Crippen LogP contribution in [0.5, 0.6) is 0 Å². The number of hydrogen-bond acceptors (Lipinski definition) is 4. The van der Waals surface area contributed by atoms with Crippen molar-refractivity contribution in [2.24, 2.45) is 0 Å². The minimum atomic E-state index is 0.764. The van der Waals surface area contributed by atoms with Gasteiger partial charge in [0.05, 0.1) is 0 Å². The van der Waals surface area contributed by atoms with E-state index in [1.165, 1.54) is 22.7 Å². The number of rotatable bonds is 2. The standard InChI is InChI=1S/C6H4N3S2/c1-3-10-5(7-1)9-6-8-2-4-11-6/h1-4H. The quantitative estimate of drug-likeness (QED) is 0.714. The maximum Gasteiger partial charge on any atom is 0.211 e. The molecule has 0 atom stereocenters. The highest BCUT2D eigenvalue weighted by atomic mass is 32.1. The minimum absolute atomic E-state index is 0.764. The Bertz CT molecular complexity index is 268. The first-order valence-corrected chi connectivity index (χ1v) is 4.72. The summed E-state index contributed by atoms with van der Waals surface area (Å²) in [5.74, 6) is 0. The molecular formula is C6H4N3S2. The molecule has 1 radical (unpaired) electrons. The van der Waals surface area contributed by atoms with Crippen LogP contribution in [0.25, 0.3) is 0 Å². The van der Waals surface area contributed by atoms with Gasteiger partial charge in [-0.05, 0) is 0 Å². The van der Waals surface area contributed by atoms with Gasteiger partial charge >= 0.3 is 0 Å². The Morgan fingerprint density at radius 2 is 1.55 bits per heavy atom. The fourth-order valence-corrected chi connectivity index (χ4v) is 1.69. The van der Waals surface area contributed by atoms with Crippen LogP contribution in [-0.4, -0.2) is 9.97 Å². The summed E-state index contributed by atoms with van der Waals surface area (Å²) in [5.41, 5.74) is 0. The summed E-state index contributed by atoms with van der Waals surface area (Å²) in [6.07, 6.45) is 3.47. The molecule has 2 aromatic heterocycles. The summed E-state index contributed by atoms with van der Waals surface area (Å²) in [6, 6.07) is 0. The second-order valence-corrected chi connectivity index (χ2v) is 3.49. The highest BCUT2D eigenvalue weighted by molar-refractivity contribution is 7.15. The summed E-state index contributed by atoms with van der Waals surface area (Å²) in [4.78, 5) is 8.02. The van der Waals surface area contributed by atoms with Crippen molar-refractivity contribution in [1.29, 1.82) is 0 Å². The summed E-state index contributed by atoms with van der Waals surface area (Å²) < 4.78 is 0. The van der Waals surface area contributed by atoms with E-state index in [1.807, 2.05) is 10.8 Å². The number of hydrogen-bond donors (Lipinski definition) is 0. The maximum absolute atomic E-state index is 4.18. The van der Waals surface area contributed by atoms with Gasteiger partial charge in [0, 0.05) is 23.2 Å². The van der Waals surface area contributed by atoms with Crippen molar-refractivity contribution in [3.05, 3.63) is 23.2 Å². The molecule has 5 heteroatoms. The molecule has 0 aliphatic heterocycles. The van der Waals surface area contributed by atoms with E-state index in [0.29, 0.717) is 0 Å². The third kappa shape index (κ3) is 1.55. The van der Waals surface area contributed by atoms with Crippen LogP contribution in [0.1, 0.15) is 0 Å². The van der Waals surface area contributed by atoms with E-state index >= 15 is 0 Å². The molecule has 0 saturated heterocycles. The zero-order valence-electron chi connectivity index (χ0n) is 5.47. The predicted molar refractivity (Wildman–Crippen MR) is 45.7 cm³/mol. The van der Waals surface area contributed by atoms with Crippen LogP contribution in [0.4, 0.5) is 10.3 Å². The zero-order chi connectivity index (χ0) is 7.52. The van der Waals surface area contributed by atoms with Gasteiger partial charge in [-0.3, -0.25) is 0 Å². The van der Waals surface area contributed by atoms with Crippen LogP contribution in [-0.2, 0) is 0 Å². The average molecular weight is 182 g/mol. The van der Waals surface area contributed by atoms with Crippen LogP contribution >= 0.6 is 22.7 Å². The van der Waals surface area contributed by atoms with Gasteiger partial charge in [-0.25, -0.2) is 9.97 Å². The first kappa shape index (κ1) is 6.75. The molecule has 0 saturated carbocycles. The Morgan fingerprint density at radius 1 is 1.00 bits per heavy atom. The second kappa shape index (κ2) is 2.98. The molecule has 2 rings (SSSR count). The molecule has 0 aliphatic carbocycles. The van der Waals surface area contributed by atoms with Crippen molar-refractivity contribution in [1.82, 2.24) is 15.3 Å². The topological polar surface area (TPSA) is 39.9 Å². The molecule has 0 spiro atoms. The molecule has 0 amide bonds. The Kier molecular flexibility index (Phi) is 1.83. The Balaban J connectivity index is 2.14. The van der Waals surface area contributed by atoms with Crippen LogP contribution in [0.2, 0.25) is 0 Å². The number of nitrogens with zero attached hydrogens (tertiary/aromatic N) is 3. The molecule has 2 heterocycles. The van der Waals surface area contributed by atoms with E-state index in [2.05, 4.69) is 15.3 Å². The molecule has 0 fully saturated rings. The van der Waals surface area contributed by atoms with Crippen LogP contribution in [0.15, 0.2) is 23.2 Å². The van der Waals surface area contributed by atoms with Gasteiger partial charge in [0.15, 0.2) is 0 Å². The molecule has 2 aromatic rings. The van der Waals surface area contributed by atoms with Gasteiger partial charge in [-0.15, -0.1) is 22.7 Å². The molecule has 0 unspecified atom stereocenters. The Morgan fingerprint density at radius 3 is 1.91 bits per heavy atom. The third-order valence-corrected chi connectivity index (χ3v) is 2.36. The lowest BCUT2D eigenvalue weighted by atomic mass is 10.9. The maximum atomic E-state index is 4.18. The van der Waals surface area contributed by atoms with Crippen molar-refractivity contribution >= 4 is 32.9 Å². The van der Waals surface area contributed by atoms with Gasteiger partial charge in [-0.1, -0.05) is 0 Å². The smallest absolute Gasteiger partial charge is 0.211 e. The van der Waals surface area contributed by atoms with E-state index in [4.69, 9.17) is 0 Å². The summed E-state index contributed by atoms with van der Waals surface area (Å²) in [5, 5.41) is 9.49. The molecule has 0 bridgehead atoms. The fourth-order valence-electron chi connectivity index (χ4n) is 0.624. The SMILES string of the molecule is c1csc([N]c2nccs2)n1. The largest absolute Gasteiger partial charge is 0.227 e. The monoisotopic (exact) mass is 182 g/mol. The molecular weight excluding hydrogens is 178 g/mol. The Hall–Kier alpha value is -0.940. The second-order valence-electron chi connectivity index (χ2n) is 1.74. The van der Waals surface area contributed by atoms with Gasteiger partial charge in [0.1, 0.15) is 0 Å². The van der Waals surface area contributed by atoms with Gasteiger partial charge in [-0.2, -0.15) is 5.32 Å². The van der Waals surface area contributed by atoms with E-state index < -0.39 is 0 Å². The van der Waals surface area contributed by atoms with Crippen LogP contribution < -0.4 is 5.32 Å². The number of aromatic nitrogens is 2. The van der Waals surface area contributed by atoms with Crippen molar-refractivity contribution in [3.8, 4) is 0 Å². The van der Waals surface area contributed by atoms with Crippen molar-refractivity contribution in [2.45, 2.75) is 0 Å². The van der Waals surface area contributed by atoms with Crippen molar-refractivity contribution in [2.75, 3.05) is 0 Å². The van der Waals surface area contributed by atoms with Crippen LogP contribution in [0.3, 0.4) is 0 Å². The average Bonchev–Trinajstić information content (AvgIpc) is 2.60. The third-order valence-electron chi connectivity index (χ3n) is 1.03. The zero-order valence-corrected chi connectivity index (χ0v) is 7.10. The molecule has 11 heavy (non-hydrogen) atoms. The molecule has 3 nitrogen and oxygen atoms in total. The van der Waals surface area contributed by atoms with Gasteiger partial charge < -0.3 is 0 Å². The Labute approximate surface area is 71.8 Å². The lowest BCUT2D eigenvalue weighted by molar-refractivity contribution is 1.12. The highest BCUT2D eigenvalue weighted by Gasteiger charge is 1.99. The van der Waals surface area contributed by atoms with E-state index in [-0.39, 0.29) is 0 Å². The lowest BCUT2D eigenvalue weighted by Gasteiger charge is -1.88. The first-order valence-electron chi connectivity index (χ1n) is 2.96.